The van der Waals surface area contributed by atoms with Crippen LogP contribution in [0.3, 0.4) is 0 Å². The van der Waals surface area contributed by atoms with Crippen molar-refractivity contribution < 1.29 is 0 Å². The molecule has 0 radical (unpaired) electrons. The summed E-state index contributed by atoms with van der Waals surface area (Å²) in [6.07, 6.45) is 1.93. The number of hydrogen-bond donors (Lipinski definition) is 1. The number of aromatic nitrogens is 2. The molecule has 0 fully saturated rings. The Labute approximate surface area is 182 Å². The third-order valence-electron chi connectivity index (χ3n) is 5.82. The first-order chi connectivity index (χ1) is 15.1. The lowest BCUT2D eigenvalue weighted by Crippen LogP contribution is -2.08. The summed E-state index contributed by atoms with van der Waals surface area (Å²) in [6.45, 7) is 3.15. The fourth-order valence-electron chi connectivity index (χ4n) is 4.22. The molecule has 0 aliphatic heterocycles. The lowest BCUT2D eigenvalue weighted by atomic mass is 10.1. The van der Waals surface area contributed by atoms with Crippen LogP contribution in [0.25, 0.3) is 32.9 Å². The molecule has 0 spiro atoms. The van der Waals surface area contributed by atoms with Gasteiger partial charge in [0.05, 0.1) is 0 Å². The molecule has 4 heteroatoms. The van der Waals surface area contributed by atoms with Crippen LogP contribution in [0.15, 0.2) is 85.1 Å². The number of para-hydroxylation sites is 1. The number of hydrogen-bond acceptors (Lipinski definition) is 3. The standard InChI is InChI=1S/C27H26N4/c1-4-31-25-11-6-5-10-23(25)24-17-21(13-14-26(24)31)29-27-15-12-20(18-28-27)19-8-7-9-22(16-19)30(2)3/h5-18H,4H2,1-3H3,(H,28,29). The predicted molar refractivity (Wildman–Crippen MR) is 132 cm³/mol. The van der Waals surface area contributed by atoms with Crippen molar-refractivity contribution in [3.8, 4) is 11.1 Å². The molecule has 0 saturated heterocycles. The summed E-state index contributed by atoms with van der Waals surface area (Å²) < 4.78 is 2.36. The summed E-state index contributed by atoms with van der Waals surface area (Å²) in [5.41, 5.74) is 7.04. The Kier molecular flexibility index (Phi) is 4.83. The van der Waals surface area contributed by atoms with Crippen molar-refractivity contribution >= 4 is 39.0 Å². The van der Waals surface area contributed by atoms with Gasteiger partial charge in [-0.25, -0.2) is 4.98 Å². The van der Waals surface area contributed by atoms with Gasteiger partial charge in [-0.2, -0.15) is 0 Å². The summed E-state index contributed by atoms with van der Waals surface area (Å²) in [5, 5.41) is 6.02. The number of aryl methyl sites for hydroxylation is 1. The quantitative estimate of drug-likeness (QED) is 0.353. The Balaban J connectivity index is 1.45. The van der Waals surface area contributed by atoms with E-state index >= 15 is 0 Å². The number of nitrogens with zero attached hydrogens (tertiary/aromatic N) is 3. The van der Waals surface area contributed by atoms with E-state index in [2.05, 4.69) is 114 Å². The van der Waals surface area contributed by atoms with Crippen molar-refractivity contribution in [2.24, 2.45) is 0 Å². The second kappa shape index (κ2) is 7.80. The second-order valence-electron chi connectivity index (χ2n) is 8.00. The Morgan fingerprint density at radius 3 is 2.42 bits per heavy atom. The van der Waals surface area contributed by atoms with Crippen LogP contribution in [0.1, 0.15) is 6.92 Å². The van der Waals surface area contributed by atoms with E-state index in [9.17, 15) is 0 Å². The first-order valence-electron chi connectivity index (χ1n) is 10.7. The summed E-state index contributed by atoms with van der Waals surface area (Å²) in [4.78, 5) is 6.77. The lowest BCUT2D eigenvalue weighted by molar-refractivity contribution is 0.827. The third-order valence-corrected chi connectivity index (χ3v) is 5.82. The minimum Gasteiger partial charge on any atom is -0.378 e. The van der Waals surface area contributed by atoms with Crippen molar-refractivity contribution in [2.75, 3.05) is 24.3 Å². The van der Waals surface area contributed by atoms with Crippen LogP contribution in [-0.4, -0.2) is 23.6 Å². The molecule has 0 aliphatic carbocycles. The number of nitrogens with one attached hydrogen (secondary N) is 1. The minimum atomic E-state index is 0.839. The highest BCUT2D eigenvalue weighted by Gasteiger charge is 2.10. The van der Waals surface area contributed by atoms with Gasteiger partial charge >= 0.3 is 0 Å². The van der Waals surface area contributed by atoms with E-state index in [1.807, 2.05) is 12.3 Å². The van der Waals surface area contributed by atoms with Gasteiger partial charge in [0.1, 0.15) is 5.82 Å². The minimum absolute atomic E-state index is 0.839. The van der Waals surface area contributed by atoms with Gasteiger partial charge in [-0.1, -0.05) is 30.3 Å². The van der Waals surface area contributed by atoms with Gasteiger partial charge in [0.25, 0.3) is 0 Å². The maximum atomic E-state index is 4.66. The first kappa shape index (κ1) is 19.2. The zero-order valence-electron chi connectivity index (χ0n) is 18.1. The van der Waals surface area contributed by atoms with E-state index in [0.29, 0.717) is 0 Å². The van der Waals surface area contributed by atoms with E-state index in [0.717, 1.165) is 23.6 Å². The molecule has 31 heavy (non-hydrogen) atoms. The van der Waals surface area contributed by atoms with Crippen LogP contribution >= 0.6 is 0 Å². The Morgan fingerprint density at radius 1 is 0.806 bits per heavy atom. The van der Waals surface area contributed by atoms with Crippen molar-refractivity contribution in [1.29, 1.82) is 0 Å². The number of anilines is 3. The molecule has 0 atom stereocenters. The van der Waals surface area contributed by atoms with Crippen LogP contribution in [0, 0.1) is 0 Å². The van der Waals surface area contributed by atoms with Crippen molar-refractivity contribution in [3.63, 3.8) is 0 Å². The zero-order valence-corrected chi connectivity index (χ0v) is 18.1. The number of benzene rings is 3. The zero-order chi connectivity index (χ0) is 21.4. The molecule has 1 N–H and O–H groups in total. The molecule has 5 aromatic rings. The lowest BCUT2D eigenvalue weighted by Gasteiger charge is -2.14. The average Bonchev–Trinajstić information content (AvgIpc) is 3.13. The van der Waals surface area contributed by atoms with Gasteiger partial charge in [-0.15, -0.1) is 0 Å². The van der Waals surface area contributed by atoms with Gasteiger partial charge in [-0.3, -0.25) is 0 Å². The van der Waals surface area contributed by atoms with Gasteiger partial charge < -0.3 is 14.8 Å². The van der Waals surface area contributed by atoms with E-state index in [-0.39, 0.29) is 0 Å². The molecule has 0 unspecified atom stereocenters. The maximum Gasteiger partial charge on any atom is 0.130 e. The number of fused-ring (bicyclic) bond motifs is 3. The molecule has 0 amide bonds. The average molecular weight is 407 g/mol. The molecule has 2 heterocycles. The number of pyridine rings is 1. The van der Waals surface area contributed by atoms with Crippen LogP contribution in [0.4, 0.5) is 17.2 Å². The van der Waals surface area contributed by atoms with E-state index in [4.69, 9.17) is 0 Å². The van der Waals surface area contributed by atoms with Gasteiger partial charge in [-0.05, 0) is 61.0 Å². The fourth-order valence-corrected chi connectivity index (χ4v) is 4.22. The normalized spacial score (nSPS) is 11.2. The van der Waals surface area contributed by atoms with Crippen LogP contribution in [-0.2, 0) is 6.54 Å². The molecule has 154 valence electrons. The van der Waals surface area contributed by atoms with Crippen molar-refractivity contribution in [3.05, 3.63) is 85.1 Å². The largest absolute Gasteiger partial charge is 0.378 e. The topological polar surface area (TPSA) is 33.1 Å². The summed E-state index contributed by atoms with van der Waals surface area (Å²) >= 11 is 0. The molecule has 0 saturated carbocycles. The van der Waals surface area contributed by atoms with Crippen LogP contribution < -0.4 is 10.2 Å². The molecular formula is C27H26N4. The Morgan fingerprint density at radius 2 is 1.65 bits per heavy atom. The molecule has 3 aromatic carbocycles. The van der Waals surface area contributed by atoms with Crippen molar-refractivity contribution in [1.82, 2.24) is 9.55 Å². The molecule has 2 aromatic heterocycles. The highest BCUT2D eigenvalue weighted by molar-refractivity contribution is 6.09. The van der Waals surface area contributed by atoms with Crippen LogP contribution in [0.2, 0.25) is 0 Å². The van der Waals surface area contributed by atoms with E-state index in [1.54, 1.807) is 0 Å². The highest BCUT2D eigenvalue weighted by atomic mass is 15.1. The summed E-state index contributed by atoms with van der Waals surface area (Å²) in [6, 6.07) is 27.8. The van der Waals surface area contributed by atoms with Gasteiger partial charge in [0.15, 0.2) is 0 Å². The SMILES string of the molecule is CCn1c2ccccc2c2cc(Nc3ccc(-c4cccc(N(C)C)c4)cn3)ccc21. The molecule has 0 aliphatic rings. The summed E-state index contributed by atoms with van der Waals surface area (Å²) in [5.74, 6) is 0.839. The number of rotatable bonds is 5. The highest BCUT2D eigenvalue weighted by Crippen LogP contribution is 2.32. The van der Waals surface area contributed by atoms with Crippen molar-refractivity contribution in [2.45, 2.75) is 13.5 Å². The molecule has 4 nitrogen and oxygen atoms in total. The van der Waals surface area contributed by atoms with Crippen LogP contribution in [0.5, 0.6) is 0 Å². The maximum absolute atomic E-state index is 4.66. The Hall–Kier alpha value is -3.79. The first-order valence-corrected chi connectivity index (χ1v) is 10.7. The predicted octanol–water partition coefficient (Wildman–Crippen LogP) is 6.69. The molecule has 5 rings (SSSR count). The molecular weight excluding hydrogens is 380 g/mol. The van der Waals surface area contributed by atoms with Gasteiger partial charge in [0.2, 0.25) is 0 Å². The molecule has 0 bridgehead atoms. The third kappa shape index (κ3) is 3.50. The summed E-state index contributed by atoms with van der Waals surface area (Å²) in [7, 11) is 4.11. The second-order valence-corrected chi connectivity index (χ2v) is 8.00. The Bertz CT molecular complexity index is 1360. The smallest absolute Gasteiger partial charge is 0.130 e. The fraction of sp³-hybridized carbons (Fsp3) is 0.148. The van der Waals surface area contributed by atoms with Gasteiger partial charge in [0, 0.05) is 65.6 Å². The van der Waals surface area contributed by atoms with E-state index in [1.165, 1.54) is 33.1 Å². The monoisotopic (exact) mass is 406 g/mol. The van der Waals surface area contributed by atoms with E-state index < -0.39 is 0 Å².